The van der Waals surface area contributed by atoms with Gasteiger partial charge in [0, 0.05) is 11.2 Å². The minimum absolute atomic E-state index is 0.116. The molecule has 0 aromatic rings. The van der Waals surface area contributed by atoms with Crippen molar-refractivity contribution in [2.45, 2.75) is 81.4 Å². The number of halogens is 9. The average Bonchev–Trinajstić information content (AvgIpc) is 2.51. The molecule has 1 atom stereocenters. The lowest BCUT2D eigenvalue weighted by Crippen LogP contribution is -2.63. The third-order valence-electron chi connectivity index (χ3n) is 4.46. The van der Waals surface area contributed by atoms with Gasteiger partial charge in [-0.25, -0.2) is 3.63 Å². The van der Waals surface area contributed by atoms with Gasteiger partial charge in [0.15, 0.2) is 0 Å². The molecule has 188 valence electrons. The van der Waals surface area contributed by atoms with E-state index < -0.39 is 60.0 Å². The zero-order valence-corrected chi connectivity index (χ0v) is 19.0. The minimum Gasteiger partial charge on any atom is -0.299 e. The molecule has 0 aromatic heterocycles. The number of rotatable bonds is 11. The number of carbonyl (C=O) groups is 1. The molecular formula is C16H25F9O4S2. The summed E-state index contributed by atoms with van der Waals surface area (Å²) in [5.41, 5.74) is 0. The first-order chi connectivity index (χ1) is 13.4. The van der Waals surface area contributed by atoms with Gasteiger partial charge in [-0.2, -0.15) is 47.9 Å². The molecule has 0 N–H and O–H groups in total. The Kier molecular flexibility index (Phi) is 9.07. The fraction of sp³-hybridized carbons (Fsp3) is 0.938. The van der Waals surface area contributed by atoms with Crippen LogP contribution in [-0.4, -0.2) is 54.2 Å². The first kappa shape index (κ1) is 30.3. The monoisotopic (exact) mass is 516 g/mol. The second kappa shape index (κ2) is 9.27. The van der Waals surface area contributed by atoms with Gasteiger partial charge in [-0.05, 0) is 12.7 Å². The Balaban J connectivity index is 6.19. The fourth-order valence-electron chi connectivity index (χ4n) is 2.05. The van der Waals surface area contributed by atoms with Crippen LogP contribution in [0.5, 0.6) is 0 Å². The Bertz CT molecular complexity index is 743. The zero-order valence-electron chi connectivity index (χ0n) is 17.4. The number of hydrogen-bond donors (Lipinski definition) is 0. The molecule has 0 aliphatic heterocycles. The zero-order chi connectivity index (χ0) is 25.3. The van der Waals surface area contributed by atoms with Crippen LogP contribution in [-0.2, 0) is 18.5 Å². The Morgan fingerprint density at radius 1 is 0.839 bits per heavy atom. The van der Waals surface area contributed by atoms with E-state index in [4.69, 9.17) is 0 Å². The van der Waals surface area contributed by atoms with E-state index in [1.807, 2.05) is 6.92 Å². The van der Waals surface area contributed by atoms with E-state index in [9.17, 15) is 52.7 Å². The summed E-state index contributed by atoms with van der Waals surface area (Å²) in [5.74, 6) is -16.2. The van der Waals surface area contributed by atoms with E-state index in [0.29, 0.717) is 19.3 Å². The highest BCUT2D eigenvalue weighted by Crippen LogP contribution is 2.62. The molecule has 0 aliphatic rings. The molecule has 0 saturated heterocycles. The Hall–Kier alpha value is -0.700. The van der Waals surface area contributed by atoms with E-state index in [1.165, 1.54) is 20.8 Å². The van der Waals surface area contributed by atoms with Crippen LogP contribution >= 0.6 is 10.3 Å². The first-order valence-electron chi connectivity index (χ1n) is 8.84. The molecule has 31 heavy (non-hydrogen) atoms. The predicted octanol–water partition coefficient (Wildman–Crippen LogP) is 6.06. The van der Waals surface area contributed by atoms with Gasteiger partial charge in [0.2, 0.25) is 0 Å². The number of unbranched alkanes of at least 4 members (excludes halogenated alkanes) is 2. The molecule has 0 fully saturated rings. The lowest BCUT2D eigenvalue weighted by Gasteiger charge is -2.46. The molecule has 0 amide bonds. The number of alkyl halides is 9. The summed E-state index contributed by atoms with van der Waals surface area (Å²) in [6.07, 6.45) is -4.76. The predicted molar refractivity (Wildman–Crippen MR) is 98.2 cm³/mol. The maximum absolute atomic E-state index is 14.0. The van der Waals surface area contributed by atoms with Gasteiger partial charge >= 0.3 is 33.4 Å². The van der Waals surface area contributed by atoms with Crippen molar-refractivity contribution in [2.75, 3.05) is 12.0 Å². The maximum atomic E-state index is 14.0. The molecule has 0 spiro atoms. The van der Waals surface area contributed by atoms with Crippen molar-refractivity contribution >= 4 is 26.2 Å². The van der Waals surface area contributed by atoms with Crippen molar-refractivity contribution < 1.29 is 56.4 Å². The lowest BCUT2D eigenvalue weighted by molar-refractivity contribution is -0.382. The topological polar surface area (TPSA) is 60.4 Å². The van der Waals surface area contributed by atoms with Gasteiger partial charge in [-0.1, -0.05) is 40.5 Å². The largest absolute Gasteiger partial charge is 0.460 e. The number of ketones is 1. The van der Waals surface area contributed by atoms with Crippen molar-refractivity contribution in [2.24, 2.45) is 0 Å². The van der Waals surface area contributed by atoms with Crippen LogP contribution in [0.15, 0.2) is 0 Å². The normalized spacial score (nSPS) is 17.9. The molecule has 0 radical (unpaired) electrons. The molecule has 4 nitrogen and oxygen atoms in total. The molecule has 15 heteroatoms. The highest BCUT2D eigenvalue weighted by atomic mass is 32.3. The molecule has 0 rings (SSSR count). The lowest BCUT2D eigenvalue weighted by atomic mass is 10.1. The Morgan fingerprint density at radius 3 is 1.65 bits per heavy atom. The number of hydrogen-bond acceptors (Lipinski definition) is 4. The molecule has 0 bridgehead atoms. The Labute approximate surface area is 176 Å². The van der Waals surface area contributed by atoms with E-state index in [-0.39, 0.29) is 6.42 Å². The summed E-state index contributed by atoms with van der Waals surface area (Å²) in [5, 5.41) is -6.95. The van der Waals surface area contributed by atoms with E-state index >= 15 is 0 Å². The van der Waals surface area contributed by atoms with Gasteiger partial charge in [0.05, 0.1) is 5.75 Å². The highest BCUT2D eigenvalue weighted by molar-refractivity contribution is 8.33. The van der Waals surface area contributed by atoms with E-state index in [1.54, 1.807) is 0 Å². The van der Waals surface area contributed by atoms with E-state index in [0.717, 1.165) is 6.26 Å². The van der Waals surface area contributed by atoms with Crippen molar-refractivity contribution in [1.29, 1.82) is 0 Å². The third-order valence-corrected chi connectivity index (χ3v) is 10.7. The fourth-order valence-corrected chi connectivity index (χ4v) is 6.62. The van der Waals surface area contributed by atoms with Crippen molar-refractivity contribution in [3.8, 4) is 0 Å². The van der Waals surface area contributed by atoms with Gasteiger partial charge in [0.1, 0.15) is 5.78 Å². The molecule has 0 heterocycles. The Morgan fingerprint density at radius 2 is 1.29 bits per heavy atom. The second-order valence-electron chi connectivity index (χ2n) is 7.94. The van der Waals surface area contributed by atoms with Crippen LogP contribution in [0.2, 0.25) is 0 Å². The summed E-state index contributed by atoms with van der Waals surface area (Å²) in [4.78, 5) is 12.1. The van der Waals surface area contributed by atoms with Crippen molar-refractivity contribution in [1.82, 2.24) is 0 Å². The van der Waals surface area contributed by atoms with Crippen LogP contribution in [0.3, 0.4) is 0 Å². The van der Waals surface area contributed by atoms with E-state index in [2.05, 4.69) is 3.63 Å². The van der Waals surface area contributed by atoms with Crippen LogP contribution in [0.4, 0.5) is 39.5 Å². The molecule has 0 saturated carbocycles. The van der Waals surface area contributed by atoms with Gasteiger partial charge in [-0.15, -0.1) is 10.3 Å². The molecule has 0 aliphatic carbocycles. The summed E-state index contributed by atoms with van der Waals surface area (Å²) < 4.78 is 145. The molecule has 0 aromatic carbocycles. The van der Waals surface area contributed by atoms with Crippen molar-refractivity contribution in [3.63, 3.8) is 0 Å². The number of carbonyl (C=O) groups excluding carboxylic acids is 1. The SMILES string of the molecule is CCCCCC(=O)CS(C)(OS(=O)(=O)C(F)(F)C(F)(F)C(F)(F)C(F)(F)F)C(C)(C)C. The summed E-state index contributed by atoms with van der Waals surface area (Å²) in [6.45, 7) is 5.47. The smallest absolute Gasteiger partial charge is 0.299 e. The highest BCUT2D eigenvalue weighted by Gasteiger charge is 2.86. The van der Waals surface area contributed by atoms with Crippen LogP contribution in [0.1, 0.15) is 53.4 Å². The van der Waals surface area contributed by atoms with Crippen LogP contribution in [0.25, 0.3) is 0 Å². The maximum Gasteiger partial charge on any atom is 0.460 e. The third kappa shape index (κ3) is 6.01. The molecule has 1 unspecified atom stereocenters. The van der Waals surface area contributed by atoms with Gasteiger partial charge in [-0.3, -0.25) is 4.79 Å². The average molecular weight is 516 g/mol. The van der Waals surface area contributed by atoms with Crippen LogP contribution in [0, 0.1) is 0 Å². The van der Waals surface area contributed by atoms with Crippen molar-refractivity contribution in [3.05, 3.63) is 0 Å². The standard InChI is InChI=1S/C16H25F9O4S2/c1-6-7-8-9-11(26)10-30(5,12(2,3)4)29-31(27,28)16(24,25)14(19,20)13(17,18)15(21,22)23/h6-10H2,1-5H3. The van der Waals surface area contributed by atoms with Gasteiger partial charge < -0.3 is 0 Å². The summed E-state index contributed by atoms with van der Waals surface area (Å²) >= 11 is 0. The summed E-state index contributed by atoms with van der Waals surface area (Å²) in [7, 11) is -10.6. The molecular weight excluding hydrogens is 491 g/mol. The second-order valence-corrected chi connectivity index (χ2v) is 13.4. The first-order valence-corrected chi connectivity index (χ1v) is 12.4. The quantitative estimate of drug-likeness (QED) is 0.248. The minimum atomic E-state index is -7.39. The number of Topliss-reactive ketones (excluding diaryl/α,β-unsaturated/α-hetero) is 1. The van der Waals surface area contributed by atoms with Gasteiger partial charge in [0.25, 0.3) is 0 Å². The van der Waals surface area contributed by atoms with Crippen LogP contribution < -0.4 is 0 Å². The summed E-state index contributed by atoms with van der Waals surface area (Å²) in [6, 6.07) is 0.